The summed E-state index contributed by atoms with van der Waals surface area (Å²) in [7, 11) is 0. The molecule has 1 N–H and O–H groups in total. The van der Waals surface area contributed by atoms with Gasteiger partial charge in [-0.3, -0.25) is 9.78 Å². The molecule has 2 rings (SSSR count). The molecule has 0 fully saturated rings. The Balaban J connectivity index is 2.15. The lowest BCUT2D eigenvalue weighted by Crippen LogP contribution is -2.34. The van der Waals surface area contributed by atoms with E-state index in [1.165, 1.54) is 6.07 Å². The summed E-state index contributed by atoms with van der Waals surface area (Å²) >= 11 is 0. The van der Waals surface area contributed by atoms with Crippen molar-refractivity contribution < 1.29 is 9.18 Å². The maximum absolute atomic E-state index is 13.2. The van der Waals surface area contributed by atoms with Gasteiger partial charge in [0.1, 0.15) is 5.82 Å². The lowest BCUT2D eigenvalue weighted by Gasteiger charge is -2.23. The molecule has 0 bridgehead atoms. The van der Waals surface area contributed by atoms with Crippen LogP contribution in [0.2, 0.25) is 0 Å². The molecule has 2 aromatic rings. The van der Waals surface area contributed by atoms with Crippen LogP contribution in [0.15, 0.2) is 48.8 Å². The molecule has 0 saturated heterocycles. The van der Waals surface area contributed by atoms with E-state index in [0.29, 0.717) is 5.56 Å². The molecule has 0 aliphatic carbocycles. The van der Waals surface area contributed by atoms with Crippen molar-refractivity contribution in [2.75, 3.05) is 0 Å². The Morgan fingerprint density at radius 1 is 1.09 bits per heavy atom. The number of aromatic nitrogens is 1. The fourth-order valence-electron chi connectivity index (χ4n) is 2.55. The van der Waals surface area contributed by atoms with Crippen molar-refractivity contribution in [1.29, 1.82) is 0 Å². The fraction of sp³-hybridized carbons (Fsp3) is 0.333. The smallest absolute Gasteiger partial charge is 0.228 e. The molecular formula is C18H21FN2O. The number of pyridine rings is 1. The predicted octanol–water partition coefficient (Wildman–Crippen LogP) is 3.84. The van der Waals surface area contributed by atoms with Gasteiger partial charge in [-0.2, -0.15) is 0 Å². The zero-order valence-corrected chi connectivity index (χ0v) is 13.1. The molecule has 0 unspecified atom stereocenters. The van der Waals surface area contributed by atoms with Crippen molar-refractivity contribution in [3.63, 3.8) is 0 Å². The molecule has 1 aromatic heterocycles. The molecular weight excluding hydrogens is 279 g/mol. The van der Waals surface area contributed by atoms with Gasteiger partial charge in [-0.15, -0.1) is 0 Å². The third kappa shape index (κ3) is 3.91. The van der Waals surface area contributed by atoms with Crippen molar-refractivity contribution in [3.05, 3.63) is 65.7 Å². The SMILES string of the molecule is CC(C)[C@H](C(=O)N[C@@H](C)c1cncc(F)c1)c1ccccc1. The largest absolute Gasteiger partial charge is 0.349 e. The van der Waals surface area contributed by atoms with E-state index in [2.05, 4.69) is 10.3 Å². The topological polar surface area (TPSA) is 42.0 Å². The molecule has 1 amide bonds. The monoisotopic (exact) mass is 300 g/mol. The van der Waals surface area contributed by atoms with Crippen molar-refractivity contribution in [3.8, 4) is 0 Å². The summed E-state index contributed by atoms with van der Waals surface area (Å²) in [5, 5.41) is 2.96. The number of hydrogen-bond donors (Lipinski definition) is 1. The van der Waals surface area contributed by atoms with Crippen molar-refractivity contribution in [2.24, 2.45) is 5.92 Å². The molecule has 0 aliphatic rings. The number of halogens is 1. The third-order valence-electron chi connectivity index (χ3n) is 3.69. The number of benzene rings is 1. The van der Waals surface area contributed by atoms with Crippen molar-refractivity contribution in [2.45, 2.75) is 32.7 Å². The van der Waals surface area contributed by atoms with Crippen LogP contribution < -0.4 is 5.32 Å². The van der Waals surface area contributed by atoms with E-state index in [0.717, 1.165) is 11.8 Å². The zero-order chi connectivity index (χ0) is 16.1. The van der Waals surface area contributed by atoms with Crippen LogP contribution in [0.5, 0.6) is 0 Å². The molecule has 4 heteroatoms. The van der Waals surface area contributed by atoms with Crippen LogP contribution in [-0.4, -0.2) is 10.9 Å². The average Bonchev–Trinajstić information content (AvgIpc) is 2.48. The summed E-state index contributed by atoms with van der Waals surface area (Å²) in [5.41, 5.74) is 1.64. The summed E-state index contributed by atoms with van der Waals surface area (Å²) < 4.78 is 13.2. The number of carbonyl (C=O) groups excluding carboxylic acids is 1. The second-order valence-electron chi connectivity index (χ2n) is 5.80. The highest BCUT2D eigenvalue weighted by Crippen LogP contribution is 2.25. The molecule has 2 atom stereocenters. The van der Waals surface area contributed by atoms with Crippen LogP contribution in [0.4, 0.5) is 4.39 Å². The second kappa shape index (κ2) is 7.16. The molecule has 116 valence electrons. The first-order chi connectivity index (χ1) is 10.5. The minimum atomic E-state index is -0.401. The first-order valence-electron chi connectivity index (χ1n) is 7.44. The van der Waals surface area contributed by atoms with Gasteiger partial charge in [0.05, 0.1) is 18.2 Å². The fourth-order valence-corrected chi connectivity index (χ4v) is 2.55. The van der Waals surface area contributed by atoms with Gasteiger partial charge in [0, 0.05) is 6.20 Å². The number of nitrogens with one attached hydrogen (secondary N) is 1. The van der Waals surface area contributed by atoms with E-state index in [4.69, 9.17) is 0 Å². The van der Waals surface area contributed by atoms with Gasteiger partial charge >= 0.3 is 0 Å². The first kappa shape index (κ1) is 16.1. The van der Waals surface area contributed by atoms with E-state index in [-0.39, 0.29) is 23.8 Å². The van der Waals surface area contributed by atoms with E-state index in [9.17, 15) is 9.18 Å². The highest BCUT2D eigenvalue weighted by atomic mass is 19.1. The first-order valence-corrected chi connectivity index (χ1v) is 7.44. The van der Waals surface area contributed by atoms with Crippen LogP contribution in [0.25, 0.3) is 0 Å². The average molecular weight is 300 g/mol. The van der Waals surface area contributed by atoms with Crippen LogP contribution in [0, 0.1) is 11.7 Å². The second-order valence-corrected chi connectivity index (χ2v) is 5.80. The summed E-state index contributed by atoms with van der Waals surface area (Å²) in [6.45, 7) is 5.87. The van der Waals surface area contributed by atoms with Gasteiger partial charge in [0.2, 0.25) is 5.91 Å². The van der Waals surface area contributed by atoms with E-state index in [1.54, 1.807) is 6.20 Å². The minimum absolute atomic E-state index is 0.0574. The van der Waals surface area contributed by atoms with Crippen LogP contribution in [0.3, 0.4) is 0 Å². The molecule has 1 heterocycles. The van der Waals surface area contributed by atoms with Crippen molar-refractivity contribution >= 4 is 5.91 Å². The highest BCUT2D eigenvalue weighted by molar-refractivity contribution is 5.84. The molecule has 0 saturated carbocycles. The summed E-state index contributed by atoms with van der Waals surface area (Å²) in [4.78, 5) is 16.5. The summed E-state index contributed by atoms with van der Waals surface area (Å²) in [5.74, 6) is -0.523. The number of carbonyl (C=O) groups is 1. The van der Waals surface area contributed by atoms with Crippen LogP contribution in [-0.2, 0) is 4.79 Å². The van der Waals surface area contributed by atoms with E-state index < -0.39 is 5.82 Å². The summed E-state index contributed by atoms with van der Waals surface area (Å²) in [6.07, 6.45) is 2.72. The lowest BCUT2D eigenvalue weighted by atomic mass is 9.87. The van der Waals surface area contributed by atoms with Gasteiger partial charge in [-0.1, -0.05) is 44.2 Å². The highest BCUT2D eigenvalue weighted by Gasteiger charge is 2.25. The molecule has 0 radical (unpaired) electrons. The maximum Gasteiger partial charge on any atom is 0.228 e. The number of amides is 1. The van der Waals surface area contributed by atoms with Gasteiger partial charge < -0.3 is 5.32 Å². The predicted molar refractivity (Wildman–Crippen MR) is 84.8 cm³/mol. The van der Waals surface area contributed by atoms with Crippen molar-refractivity contribution in [1.82, 2.24) is 10.3 Å². The lowest BCUT2D eigenvalue weighted by molar-refractivity contribution is -0.124. The molecule has 0 aliphatic heterocycles. The third-order valence-corrected chi connectivity index (χ3v) is 3.69. The Morgan fingerprint density at radius 2 is 1.77 bits per heavy atom. The Kier molecular flexibility index (Phi) is 5.26. The molecule has 3 nitrogen and oxygen atoms in total. The number of hydrogen-bond acceptors (Lipinski definition) is 2. The van der Waals surface area contributed by atoms with E-state index in [1.807, 2.05) is 51.1 Å². The Labute approximate surface area is 130 Å². The Bertz CT molecular complexity index is 628. The van der Waals surface area contributed by atoms with E-state index >= 15 is 0 Å². The Hall–Kier alpha value is -2.23. The number of nitrogens with zero attached hydrogens (tertiary/aromatic N) is 1. The number of rotatable bonds is 5. The normalized spacial score (nSPS) is 13.7. The Morgan fingerprint density at radius 3 is 2.36 bits per heavy atom. The maximum atomic E-state index is 13.2. The van der Waals surface area contributed by atoms with Gasteiger partial charge in [-0.25, -0.2) is 4.39 Å². The standard InChI is InChI=1S/C18H21FN2O/c1-12(2)17(14-7-5-4-6-8-14)18(22)21-13(3)15-9-16(19)11-20-10-15/h4-13,17H,1-3H3,(H,21,22)/t13-,17-/m0/s1. The van der Waals surface area contributed by atoms with Crippen LogP contribution in [0.1, 0.15) is 43.9 Å². The summed E-state index contributed by atoms with van der Waals surface area (Å²) in [6, 6.07) is 10.8. The minimum Gasteiger partial charge on any atom is -0.349 e. The van der Waals surface area contributed by atoms with Gasteiger partial charge in [0.15, 0.2) is 0 Å². The van der Waals surface area contributed by atoms with Gasteiger partial charge in [-0.05, 0) is 30.0 Å². The molecule has 0 spiro atoms. The van der Waals surface area contributed by atoms with Gasteiger partial charge in [0.25, 0.3) is 0 Å². The molecule has 1 aromatic carbocycles. The quantitative estimate of drug-likeness (QED) is 0.911. The molecule has 22 heavy (non-hydrogen) atoms. The van der Waals surface area contributed by atoms with Crippen LogP contribution >= 0.6 is 0 Å². The zero-order valence-electron chi connectivity index (χ0n) is 13.1.